The van der Waals surface area contributed by atoms with Crippen LogP contribution in [0.25, 0.3) is 0 Å². The Hall–Kier alpha value is -2.66. The minimum atomic E-state index is -1.01. The molecule has 0 spiro atoms. The van der Waals surface area contributed by atoms with E-state index in [9.17, 15) is 9.59 Å². The van der Waals surface area contributed by atoms with Gasteiger partial charge in [0, 0.05) is 6.54 Å². The van der Waals surface area contributed by atoms with Gasteiger partial charge in [0.25, 0.3) is 5.91 Å². The molecule has 0 aromatic heterocycles. The van der Waals surface area contributed by atoms with E-state index in [0.717, 1.165) is 11.1 Å². The molecule has 0 aliphatic carbocycles. The van der Waals surface area contributed by atoms with Gasteiger partial charge in [-0.3, -0.25) is 9.69 Å². The van der Waals surface area contributed by atoms with Crippen LogP contribution in [0.2, 0.25) is 0 Å². The summed E-state index contributed by atoms with van der Waals surface area (Å²) < 4.78 is 0. The Balaban J connectivity index is 1.73. The van der Waals surface area contributed by atoms with Gasteiger partial charge in [0.15, 0.2) is 0 Å². The van der Waals surface area contributed by atoms with E-state index in [1.807, 2.05) is 72.6 Å². The molecular formula is C19H21N3O2. The molecule has 0 bridgehead atoms. The van der Waals surface area contributed by atoms with Crippen molar-refractivity contribution in [2.45, 2.75) is 19.0 Å². The van der Waals surface area contributed by atoms with Crippen LogP contribution in [-0.2, 0) is 16.9 Å². The highest BCUT2D eigenvalue weighted by Gasteiger charge is 2.49. The van der Waals surface area contributed by atoms with Crippen LogP contribution in [0.5, 0.6) is 0 Å². The van der Waals surface area contributed by atoms with Crippen molar-refractivity contribution in [1.29, 1.82) is 0 Å². The number of imide groups is 1. The average molecular weight is 323 g/mol. The number of nitrogens with zero attached hydrogens (tertiary/aromatic N) is 2. The van der Waals surface area contributed by atoms with Crippen LogP contribution in [0.15, 0.2) is 60.7 Å². The second-order valence-electron chi connectivity index (χ2n) is 6.30. The van der Waals surface area contributed by atoms with Crippen LogP contribution in [0, 0.1) is 0 Å². The lowest BCUT2D eigenvalue weighted by Crippen LogP contribution is -2.42. The summed E-state index contributed by atoms with van der Waals surface area (Å²) in [6.07, 6.45) is 0. The van der Waals surface area contributed by atoms with E-state index in [2.05, 4.69) is 5.32 Å². The van der Waals surface area contributed by atoms with E-state index in [0.29, 0.717) is 6.54 Å². The Bertz CT molecular complexity index is 733. The fraction of sp³-hybridized carbons (Fsp3) is 0.263. The monoisotopic (exact) mass is 323 g/mol. The minimum Gasteiger partial charge on any atom is -0.319 e. The number of hydrogen-bond acceptors (Lipinski definition) is 3. The van der Waals surface area contributed by atoms with Crippen molar-refractivity contribution < 1.29 is 9.59 Å². The van der Waals surface area contributed by atoms with Crippen molar-refractivity contribution >= 4 is 11.9 Å². The molecular weight excluding hydrogens is 302 g/mol. The normalized spacial score (nSPS) is 20.5. The Morgan fingerprint density at radius 1 is 1.00 bits per heavy atom. The number of hydrogen-bond donors (Lipinski definition) is 1. The Morgan fingerprint density at radius 3 is 2.21 bits per heavy atom. The average Bonchev–Trinajstić information content (AvgIpc) is 2.81. The van der Waals surface area contributed by atoms with Crippen molar-refractivity contribution in [3.63, 3.8) is 0 Å². The predicted molar refractivity (Wildman–Crippen MR) is 91.9 cm³/mol. The maximum absolute atomic E-state index is 12.8. The van der Waals surface area contributed by atoms with Gasteiger partial charge in [-0.05, 0) is 25.1 Å². The molecule has 1 aliphatic rings. The molecule has 3 rings (SSSR count). The lowest BCUT2D eigenvalue weighted by molar-refractivity contribution is -0.132. The summed E-state index contributed by atoms with van der Waals surface area (Å²) >= 11 is 0. The van der Waals surface area contributed by atoms with E-state index in [1.165, 1.54) is 4.90 Å². The maximum Gasteiger partial charge on any atom is 0.326 e. The van der Waals surface area contributed by atoms with Crippen molar-refractivity contribution in [2.24, 2.45) is 0 Å². The molecule has 0 saturated carbocycles. The topological polar surface area (TPSA) is 52.6 Å². The molecule has 2 aromatic carbocycles. The zero-order valence-corrected chi connectivity index (χ0v) is 13.9. The first-order valence-corrected chi connectivity index (χ1v) is 7.93. The molecule has 5 nitrogen and oxygen atoms in total. The highest BCUT2D eigenvalue weighted by atomic mass is 16.2. The van der Waals surface area contributed by atoms with E-state index in [-0.39, 0.29) is 18.6 Å². The molecule has 1 fully saturated rings. The molecule has 2 aromatic rings. The van der Waals surface area contributed by atoms with Crippen molar-refractivity contribution in [2.75, 3.05) is 13.7 Å². The van der Waals surface area contributed by atoms with Crippen LogP contribution in [0.3, 0.4) is 0 Å². The van der Waals surface area contributed by atoms with Gasteiger partial charge in [-0.15, -0.1) is 0 Å². The second-order valence-corrected chi connectivity index (χ2v) is 6.30. The SMILES string of the molecule is CN(Cc1ccccc1)CN1C(=O)N[C@@](C)(c2ccccc2)C1=O. The highest BCUT2D eigenvalue weighted by molar-refractivity contribution is 6.07. The van der Waals surface area contributed by atoms with Gasteiger partial charge in [0.05, 0.1) is 6.67 Å². The lowest BCUT2D eigenvalue weighted by atomic mass is 9.92. The molecule has 1 N–H and O–H groups in total. The largest absolute Gasteiger partial charge is 0.326 e. The van der Waals surface area contributed by atoms with Crippen molar-refractivity contribution in [3.8, 4) is 0 Å². The van der Waals surface area contributed by atoms with Gasteiger partial charge in [-0.2, -0.15) is 0 Å². The third kappa shape index (κ3) is 3.03. The van der Waals surface area contributed by atoms with Gasteiger partial charge in [-0.1, -0.05) is 60.7 Å². The van der Waals surface area contributed by atoms with E-state index < -0.39 is 5.54 Å². The summed E-state index contributed by atoms with van der Waals surface area (Å²) in [4.78, 5) is 28.4. The van der Waals surface area contributed by atoms with Crippen LogP contribution in [0.4, 0.5) is 4.79 Å². The molecule has 1 saturated heterocycles. The van der Waals surface area contributed by atoms with Gasteiger partial charge >= 0.3 is 6.03 Å². The molecule has 124 valence electrons. The number of rotatable bonds is 5. The number of benzene rings is 2. The molecule has 0 unspecified atom stereocenters. The third-order valence-electron chi connectivity index (χ3n) is 4.30. The first-order valence-electron chi connectivity index (χ1n) is 7.93. The minimum absolute atomic E-state index is 0.224. The molecule has 1 aliphatic heterocycles. The lowest BCUT2D eigenvalue weighted by Gasteiger charge is -2.24. The predicted octanol–water partition coefficient (Wildman–Crippen LogP) is 2.54. The van der Waals surface area contributed by atoms with Gasteiger partial charge in [0.1, 0.15) is 5.54 Å². The zero-order chi connectivity index (χ0) is 17.2. The highest BCUT2D eigenvalue weighted by Crippen LogP contribution is 2.28. The Labute approximate surface area is 141 Å². The summed E-state index contributed by atoms with van der Waals surface area (Å²) in [7, 11) is 1.89. The fourth-order valence-electron chi connectivity index (χ4n) is 2.98. The molecule has 5 heteroatoms. The quantitative estimate of drug-likeness (QED) is 0.860. The van der Waals surface area contributed by atoms with Crippen molar-refractivity contribution in [3.05, 3.63) is 71.8 Å². The third-order valence-corrected chi connectivity index (χ3v) is 4.30. The molecule has 3 amide bonds. The summed E-state index contributed by atoms with van der Waals surface area (Å²) in [5.41, 5.74) is 0.917. The summed E-state index contributed by atoms with van der Waals surface area (Å²) in [5, 5.41) is 2.83. The fourth-order valence-corrected chi connectivity index (χ4v) is 2.98. The number of carbonyl (C=O) groups is 2. The standard InChI is InChI=1S/C19H21N3O2/c1-19(16-11-7-4-8-12-16)17(23)22(18(24)20-19)14-21(2)13-15-9-5-3-6-10-15/h3-12H,13-14H2,1-2H3,(H,20,24)/t19-/m0/s1. The number of amides is 3. The van der Waals surface area contributed by atoms with E-state index in [1.54, 1.807) is 6.92 Å². The number of urea groups is 1. The van der Waals surface area contributed by atoms with Gasteiger partial charge in [0.2, 0.25) is 0 Å². The van der Waals surface area contributed by atoms with Crippen LogP contribution < -0.4 is 5.32 Å². The van der Waals surface area contributed by atoms with Crippen molar-refractivity contribution in [1.82, 2.24) is 15.1 Å². The first kappa shape index (κ1) is 16.2. The second kappa shape index (κ2) is 6.45. The van der Waals surface area contributed by atoms with Crippen LogP contribution in [-0.4, -0.2) is 35.5 Å². The summed E-state index contributed by atoms with van der Waals surface area (Å²) in [6.45, 7) is 2.67. The zero-order valence-electron chi connectivity index (χ0n) is 13.9. The Morgan fingerprint density at radius 2 is 1.58 bits per heavy atom. The number of carbonyl (C=O) groups excluding carboxylic acids is 2. The molecule has 1 atom stereocenters. The summed E-state index contributed by atoms with van der Waals surface area (Å²) in [6, 6.07) is 18.9. The Kier molecular flexibility index (Phi) is 4.36. The molecule has 1 heterocycles. The molecule has 0 radical (unpaired) electrons. The molecule has 24 heavy (non-hydrogen) atoms. The van der Waals surface area contributed by atoms with E-state index >= 15 is 0 Å². The number of nitrogens with one attached hydrogen (secondary N) is 1. The smallest absolute Gasteiger partial charge is 0.319 e. The van der Waals surface area contributed by atoms with Gasteiger partial charge < -0.3 is 5.32 Å². The van der Waals surface area contributed by atoms with Crippen LogP contribution in [0.1, 0.15) is 18.1 Å². The van der Waals surface area contributed by atoms with Crippen LogP contribution >= 0.6 is 0 Å². The van der Waals surface area contributed by atoms with E-state index in [4.69, 9.17) is 0 Å². The van der Waals surface area contributed by atoms with Gasteiger partial charge in [-0.25, -0.2) is 9.69 Å². The first-order chi connectivity index (χ1) is 11.5. The summed E-state index contributed by atoms with van der Waals surface area (Å²) in [5.74, 6) is -0.224. The maximum atomic E-state index is 12.8.